The molecule has 1 aromatic carbocycles. The van der Waals surface area contributed by atoms with E-state index in [9.17, 15) is 53.9 Å². The average Bonchev–Trinajstić information content (AvgIpc) is 2.90. The van der Waals surface area contributed by atoms with Crippen LogP contribution in [-0.2, 0) is 20.6 Å². The molecule has 1 amide bonds. The second kappa shape index (κ2) is 13.3. The van der Waals surface area contributed by atoms with Crippen LogP contribution in [0.25, 0.3) is 0 Å². The van der Waals surface area contributed by atoms with Crippen LogP contribution < -0.4 is 5.32 Å². The summed E-state index contributed by atoms with van der Waals surface area (Å²) in [6.07, 6.45) is -12.4. The van der Waals surface area contributed by atoms with E-state index >= 15 is 0 Å². The minimum atomic E-state index is -5.77. The van der Waals surface area contributed by atoms with Gasteiger partial charge in [0.2, 0.25) is 5.91 Å². The summed E-state index contributed by atoms with van der Waals surface area (Å²) in [6, 6.07) is 10.2. The summed E-state index contributed by atoms with van der Waals surface area (Å²) in [5, 5.41) is 3.13. The van der Waals surface area contributed by atoms with Crippen molar-refractivity contribution in [1.82, 2.24) is 9.88 Å². The smallest absolute Gasteiger partial charge is 0.373 e. The van der Waals surface area contributed by atoms with Gasteiger partial charge in [0.25, 0.3) is 0 Å². The van der Waals surface area contributed by atoms with Crippen molar-refractivity contribution in [2.24, 2.45) is 5.92 Å². The summed E-state index contributed by atoms with van der Waals surface area (Å²) in [6.45, 7) is 5.16. The predicted molar refractivity (Wildman–Crippen MR) is 129 cm³/mol. The maximum absolute atomic E-state index is 13.1. The van der Waals surface area contributed by atoms with E-state index in [2.05, 4.69) is 10.3 Å². The number of rotatable bonds is 6. The van der Waals surface area contributed by atoms with Crippen molar-refractivity contribution >= 4 is 23.2 Å². The first-order valence-electron chi connectivity index (χ1n) is 12.2. The van der Waals surface area contributed by atoms with Crippen LogP contribution in [0.15, 0.2) is 48.7 Å². The highest BCUT2D eigenvalue weighted by atomic mass is 19.4. The number of anilines is 1. The molecule has 2 heterocycles. The number of Topliss-reactive ketones (excluding diaryl/α,β-unsaturated/α-hetero) is 2. The summed E-state index contributed by atoms with van der Waals surface area (Å²) in [5.41, 5.74) is 0.864. The van der Waals surface area contributed by atoms with Gasteiger partial charge in [-0.1, -0.05) is 19.9 Å². The number of aromatic nitrogens is 1. The van der Waals surface area contributed by atoms with E-state index in [1.54, 1.807) is 6.20 Å². The van der Waals surface area contributed by atoms with Crippen LogP contribution in [-0.4, -0.2) is 58.8 Å². The maximum Gasteiger partial charge on any atom is 0.458 e. The van der Waals surface area contributed by atoms with Crippen molar-refractivity contribution in [1.29, 1.82) is 0 Å². The lowest BCUT2D eigenvalue weighted by Crippen LogP contribution is -2.48. The number of likely N-dealkylation sites (tertiary alicyclic amines) is 1. The standard InChI is InChI=1S/C22H26F3N3O.C4F6O2/c1-15(2)20(27-18-8-6-17(7-9-18)22(23,24)25)21(29)28-13-10-16(11-14-28)19-5-3-4-12-26-19;5-3(6,7)1(11)2(12)4(8,9)10/h3-9,12,15-16,20,27H,10-11,13-14H2,1-2H3;/t20-;/m1./s1. The van der Waals surface area contributed by atoms with E-state index in [4.69, 9.17) is 0 Å². The van der Waals surface area contributed by atoms with Crippen molar-refractivity contribution in [3.05, 3.63) is 59.9 Å². The first kappa shape index (κ1) is 33.6. The molecular weight excluding hydrogens is 573 g/mol. The van der Waals surface area contributed by atoms with Gasteiger partial charge in [0.05, 0.1) is 5.56 Å². The van der Waals surface area contributed by atoms with E-state index < -0.39 is 41.7 Å². The molecule has 1 N–H and O–H groups in total. The molecule has 41 heavy (non-hydrogen) atoms. The number of carbonyl (C=O) groups is 3. The Bertz CT molecular complexity index is 1150. The fourth-order valence-electron chi connectivity index (χ4n) is 3.92. The normalized spacial score (nSPS) is 15.6. The summed E-state index contributed by atoms with van der Waals surface area (Å²) in [7, 11) is 0. The average molecular weight is 599 g/mol. The van der Waals surface area contributed by atoms with Crippen molar-refractivity contribution in [2.45, 2.75) is 57.2 Å². The molecule has 2 aromatic rings. The van der Waals surface area contributed by atoms with Crippen LogP contribution in [0, 0.1) is 5.92 Å². The summed E-state index contributed by atoms with van der Waals surface area (Å²) in [5.74, 6) is -6.48. The van der Waals surface area contributed by atoms with Gasteiger partial charge in [0.15, 0.2) is 0 Å². The number of amides is 1. The zero-order valence-corrected chi connectivity index (χ0v) is 21.7. The van der Waals surface area contributed by atoms with Crippen molar-refractivity contribution < 1.29 is 53.9 Å². The largest absolute Gasteiger partial charge is 0.458 e. The highest BCUT2D eigenvalue weighted by Gasteiger charge is 2.54. The number of benzene rings is 1. The summed E-state index contributed by atoms with van der Waals surface area (Å²) in [4.78, 5) is 38.6. The maximum atomic E-state index is 13.1. The molecule has 0 saturated carbocycles. The van der Waals surface area contributed by atoms with E-state index in [1.165, 1.54) is 12.1 Å². The molecular formula is C26H26F9N3O3. The van der Waals surface area contributed by atoms with E-state index in [0.717, 1.165) is 30.7 Å². The molecule has 1 aliphatic rings. The van der Waals surface area contributed by atoms with Crippen LogP contribution in [0.1, 0.15) is 43.9 Å². The van der Waals surface area contributed by atoms with Crippen molar-refractivity contribution in [3.8, 4) is 0 Å². The fourth-order valence-corrected chi connectivity index (χ4v) is 3.92. The third-order valence-corrected chi connectivity index (χ3v) is 6.10. The number of alkyl halides is 9. The second-order valence-corrected chi connectivity index (χ2v) is 9.45. The summed E-state index contributed by atoms with van der Waals surface area (Å²) < 4.78 is 105. The molecule has 3 rings (SSSR count). The van der Waals surface area contributed by atoms with Gasteiger partial charge in [0.1, 0.15) is 6.04 Å². The molecule has 0 radical (unpaired) electrons. The zero-order chi connectivity index (χ0) is 31.2. The Morgan fingerprint density at radius 1 is 0.829 bits per heavy atom. The van der Waals surface area contributed by atoms with Gasteiger partial charge in [-0.25, -0.2) is 0 Å². The first-order valence-corrected chi connectivity index (χ1v) is 12.2. The van der Waals surface area contributed by atoms with Gasteiger partial charge in [-0.3, -0.25) is 19.4 Å². The molecule has 1 fully saturated rings. The van der Waals surface area contributed by atoms with Crippen LogP contribution in [0.4, 0.5) is 45.2 Å². The van der Waals surface area contributed by atoms with E-state index in [-0.39, 0.29) is 11.8 Å². The van der Waals surface area contributed by atoms with Gasteiger partial charge >= 0.3 is 30.1 Å². The van der Waals surface area contributed by atoms with E-state index in [0.29, 0.717) is 24.7 Å². The minimum Gasteiger partial charge on any atom is -0.373 e. The van der Waals surface area contributed by atoms with Gasteiger partial charge in [-0.2, -0.15) is 39.5 Å². The molecule has 226 valence electrons. The lowest BCUT2D eigenvalue weighted by atomic mass is 9.92. The number of ketones is 2. The van der Waals surface area contributed by atoms with Crippen LogP contribution >= 0.6 is 0 Å². The monoisotopic (exact) mass is 599 g/mol. The molecule has 0 bridgehead atoms. The third-order valence-electron chi connectivity index (χ3n) is 6.10. The lowest BCUT2D eigenvalue weighted by Gasteiger charge is -2.35. The lowest BCUT2D eigenvalue weighted by molar-refractivity contribution is -0.193. The third kappa shape index (κ3) is 9.74. The highest BCUT2D eigenvalue weighted by molar-refractivity contribution is 6.41. The molecule has 6 nitrogen and oxygen atoms in total. The second-order valence-electron chi connectivity index (χ2n) is 9.45. The Labute approximate surface area is 228 Å². The predicted octanol–water partition coefficient (Wildman–Crippen LogP) is 6.19. The van der Waals surface area contributed by atoms with Crippen LogP contribution in [0.2, 0.25) is 0 Å². The quantitative estimate of drug-likeness (QED) is 0.317. The van der Waals surface area contributed by atoms with Crippen molar-refractivity contribution in [3.63, 3.8) is 0 Å². The number of hydrogen-bond acceptors (Lipinski definition) is 5. The first-order chi connectivity index (χ1) is 18.8. The Morgan fingerprint density at radius 3 is 1.73 bits per heavy atom. The molecule has 1 saturated heterocycles. The van der Waals surface area contributed by atoms with Gasteiger partial charge < -0.3 is 10.2 Å². The molecule has 0 aliphatic carbocycles. The molecule has 0 spiro atoms. The molecule has 0 unspecified atom stereocenters. The van der Waals surface area contributed by atoms with Gasteiger partial charge in [-0.15, -0.1) is 0 Å². The van der Waals surface area contributed by atoms with Crippen LogP contribution in [0.5, 0.6) is 0 Å². The molecule has 1 aliphatic heterocycles. The minimum absolute atomic E-state index is 0.00157. The zero-order valence-electron chi connectivity index (χ0n) is 21.7. The Morgan fingerprint density at radius 2 is 1.34 bits per heavy atom. The topological polar surface area (TPSA) is 79.4 Å². The Balaban J connectivity index is 0.000000415. The van der Waals surface area contributed by atoms with Crippen molar-refractivity contribution in [2.75, 3.05) is 18.4 Å². The van der Waals surface area contributed by atoms with Gasteiger partial charge in [-0.05, 0) is 55.2 Å². The highest BCUT2D eigenvalue weighted by Crippen LogP contribution is 2.31. The number of nitrogens with zero attached hydrogens (tertiary/aromatic N) is 2. The van der Waals surface area contributed by atoms with Gasteiger partial charge in [0, 0.05) is 36.6 Å². The Kier molecular flexibility index (Phi) is 10.9. The molecule has 1 atom stereocenters. The number of pyridine rings is 1. The number of nitrogens with one attached hydrogen (secondary N) is 1. The SMILES string of the molecule is CC(C)[C@@H](Nc1ccc(C(F)(F)F)cc1)C(=O)N1CCC(c2ccccn2)CC1.O=C(C(=O)C(F)(F)F)C(F)(F)F. The number of piperidine rings is 1. The molecule has 1 aromatic heterocycles. The number of carbonyl (C=O) groups excluding carboxylic acids is 3. The fraction of sp³-hybridized carbons (Fsp3) is 0.462. The van der Waals surface area contributed by atoms with Crippen LogP contribution in [0.3, 0.4) is 0 Å². The van der Waals surface area contributed by atoms with E-state index in [1.807, 2.05) is 36.9 Å². The number of halogens is 9. The summed E-state index contributed by atoms with van der Waals surface area (Å²) >= 11 is 0. The Hall–Kier alpha value is -3.65. The number of hydrogen-bond donors (Lipinski definition) is 1. The molecule has 15 heteroatoms.